The maximum atomic E-state index is 3.84. The molecule has 0 aliphatic heterocycles. The maximum Gasteiger partial charge on any atom is -0.0185 e. The van der Waals surface area contributed by atoms with E-state index < -0.39 is 0 Å². The summed E-state index contributed by atoms with van der Waals surface area (Å²) in [6.45, 7) is 8.31. The second-order valence-corrected chi connectivity index (χ2v) is 3.44. The Hall–Kier alpha value is -0.780. The van der Waals surface area contributed by atoms with Crippen molar-refractivity contribution >= 4 is 0 Å². The summed E-state index contributed by atoms with van der Waals surface area (Å²) in [7, 11) is 0. The number of rotatable bonds is 3. The number of hydrogen-bond donors (Lipinski definition) is 0. The van der Waals surface area contributed by atoms with Gasteiger partial charge in [-0.1, -0.05) is 38.7 Å². The van der Waals surface area contributed by atoms with Gasteiger partial charge in [0.15, 0.2) is 0 Å². The molecule has 0 aromatic heterocycles. The molecular formula is C12H18. The summed E-state index contributed by atoms with van der Waals surface area (Å²) in [4.78, 5) is 0. The predicted octanol–water partition coefficient (Wildman–Crippen LogP) is 3.87. The van der Waals surface area contributed by atoms with Crippen molar-refractivity contribution in [3.63, 3.8) is 0 Å². The first kappa shape index (κ1) is 9.31. The van der Waals surface area contributed by atoms with E-state index in [-0.39, 0.29) is 0 Å². The van der Waals surface area contributed by atoms with Crippen molar-refractivity contribution in [1.29, 1.82) is 0 Å². The van der Waals surface area contributed by atoms with Gasteiger partial charge in [-0.2, -0.15) is 0 Å². The van der Waals surface area contributed by atoms with Gasteiger partial charge >= 0.3 is 0 Å². The zero-order valence-electron chi connectivity index (χ0n) is 8.14. The SMILES string of the molecule is C=CC1=C(/C=C\CC)C(C)CC1. The summed E-state index contributed by atoms with van der Waals surface area (Å²) in [6, 6.07) is 0. The summed E-state index contributed by atoms with van der Waals surface area (Å²) >= 11 is 0. The van der Waals surface area contributed by atoms with Crippen molar-refractivity contribution in [2.45, 2.75) is 33.1 Å². The predicted molar refractivity (Wildman–Crippen MR) is 55.1 cm³/mol. The first-order chi connectivity index (χ1) is 5.79. The molecule has 0 amide bonds. The molecule has 0 heteroatoms. The van der Waals surface area contributed by atoms with Gasteiger partial charge in [0.25, 0.3) is 0 Å². The standard InChI is InChI=1S/C12H18/c1-4-6-7-12-10(3)8-9-11(12)5-2/h5-7,10H,2,4,8-9H2,1,3H3/b7-6-. The fourth-order valence-corrected chi connectivity index (χ4v) is 1.72. The molecule has 66 valence electrons. The zero-order chi connectivity index (χ0) is 8.97. The van der Waals surface area contributed by atoms with E-state index in [9.17, 15) is 0 Å². The molecule has 1 aliphatic carbocycles. The lowest BCUT2D eigenvalue weighted by Crippen LogP contribution is -1.89. The van der Waals surface area contributed by atoms with Gasteiger partial charge in [-0.05, 0) is 36.3 Å². The van der Waals surface area contributed by atoms with Gasteiger partial charge in [0.2, 0.25) is 0 Å². The van der Waals surface area contributed by atoms with Crippen molar-refractivity contribution in [2.75, 3.05) is 0 Å². The molecule has 0 saturated heterocycles. The van der Waals surface area contributed by atoms with E-state index in [1.54, 1.807) is 0 Å². The minimum atomic E-state index is 0.737. The smallest absolute Gasteiger partial charge is 0.0185 e. The topological polar surface area (TPSA) is 0 Å². The molecule has 1 atom stereocenters. The largest absolute Gasteiger partial charge is 0.0988 e. The molecule has 0 saturated carbocycles. The highest BCUT2D eigenvalue weighted by Crippen LogP contribution is 2.32. The van der Waals surface area contributed by atoms with E-state index in [0.29, 0.717) is 0 Å². The molecule has 0 aromatic rings. The number of allylic oxidation sites excluding steroid dienone is 5. The Morgan fingerprint density at radius 3 is 2.92 bits per heavy atom. The molecular weight excluding hydrogens is 144 g/mol. The van der Waals surface area contributed by atoms with E-state index >= 15 is 0 Å². The van der Waals surface area contributed by atoms with Crippen molar-refractivity contribution in [3.8, 4) is 0 Å². The van der Waals surface area contributed by atoms with E-state index in [1.807, 2.05) is 6.08 Å². The molecule has 1 rings (SSSR count). The Kier molecular flexibility index (Phi) is 3.33. The van der Waals surface area contributed by atoms with Crippen LogP contribution in [0.1, 0.15) is 33.1 Å². The summed E-state index contributed by atoms with van der Waals surface area (Å²) in [6.07, 6.45) is 10.2. The van der Waals surface area contributed by atoms with Crippen LogP contribution in [0, 0.1) is 5.92 Å². The lowest BCUT2D eigenvalue weighted by Gasteiger charge is -2.03. The molecule has 0 fully saturated rings. The van der Waals surface area contributed by atoms with Crippen LogP contribution in [0.15, 0.2) is 36.0 Å². The average Bonchev–Trinajstić information content (AvgIpc) is 2.43. The molecule has 0 heterocycles. The van der Waals surface area contributed by atoms with Crippen LogP contribution in [0.25, 0.3) is 0 Å². The maximum absolute atomic E-state index is 3.84. The Balaban J connectivity index is 2.80. The normalized spacial score (nSPS) is 24.0. The van der Waals surface area contributed by atoms with Crippen LogP contribution in [-0.2, 0) is 0 Å². The third-order valence-electron chi connectivity index (χ3n) is 2.53. The average molecular weight is 162 g/mol. The highest BCUT2D eigenvalue weighted by Gasteiger charge is 2.17. The van der Waals surface area contributed by atoms with Crippen molar-refractivity contribution in [3.05, 3.63) is 36.0 Å². The van der Waals surface area contributed by atoms with Crippen molar-refractivity contribution < 1.29 is 0 Å². The fraction of sp³-hybridized carbons (Fsp3) is 0.500. The summed E-state index contributed by atoms with van der Waals surface area (Å²) in [5.41, 5.74) is 2.96. The van der Waals surface area contributed by atoms with Crippen LogP contribution < -0.4 is 0 Å². The minimum absolute atomic E-state index is 0.737. The zero-order valence-corrected chi connectivity index (χ0v) is 8.14. The van der Waals surface area contributed by atoms with Crippen LogP contribution in [-0.4, -0.2) is 0 Å². The minimum Gasteiger partial charge on any atom is -0.0988 e. The van der Waals surface area contributed by atoms with Crippen molar-refractivity contribution in [1.82, 2.24) is 0 Å². The highest BCUT2D eigenvalue weighted by atomic mass is 14.2. The second kappa shape index (κ2) is 4.30. The monoisotopic (exact) mass is 162 g/mol. The summed E-state index contributed by atoms with van der Waals surface area (Å²) in [5.74, 6) is 0.737. The van der Waals surface area contributed by atoms with Gasteiger partial charge in [-0.25, -0.2) is 0 Å². The Morgan fingerprint density at radius 1 is 1.58 bits per heavy atom. The molecule has 0 aromatic carbocycles. The molecule has 0 nitrogen and oxygen atoms in total. The lowest BCUT2D eigenvalue weighted by molar-refractivity contribution is 0.680. The third-order valence-corrected chi connectivity index (χ3v) is 2.53. The van der Waals surface area contributed by atoms with Crippen LogP contribution in [0.3, 0.4) is 0 Å². The summed E-state index contributed by atoms with van der Waals surface area (Å²) in [5, 5.41) is 0. The van der Waals surface area contributed by atoms with Gasteiger partial charge < -0.3 is 0 Å². The molecule has 1 aliphatic rings. The number of hydrogen-bond acceptors (Lipinski definition) is 0. The lowest BCUT2D eigenvalue weighted by atomic mass is 10.0. The van der Waals surface area contributed by atoms with Crippen LogP contribution in [0.2, 0.25) is 0 Å². The van der Waals surface area contributed by atoms with E-state index in [0.717, 1.165) is 12.3 Å². The van der Waals surface area contributed by atoms with Gasteiger partial charge in [0, 0.05) is 0 Å². The first-order valence-electron chi connectivity index (χ1n) is 4.81. The highest BCUT2D eigenvalue weighted by molar-refractivity contribution is 5.37. The first-order valence-corrected chi connectivity index (χ1v) is 4.81. The molecule has 0 bridgehead atoms. The van der Waals surface area contributed by atoms with Crippen LogP contribution >= 0.6 is 0 Å². The molecule has 12 heavy (non-hydrogen) atoms. The molecule has 0 radical (unpaired) electrons. The van der Waals surface area contributed by atoms with Crippen LogP contribution in [0.5, 0.6) is 0 Å². The van der Waals surface area contributed by atoms with Crippen molar-refractivity contribution in [2.24, 2.45) is 5.92 Å². The quantitative estimate of drug-likeness (QED) is 0.591. The Morgan fingerprint density at radius 2 is 2.33 bits per heavy atom. The van der Waals surface area contributed by atoms with E-state index in [4.69, 9.17) is 0 Å². The third kappa shape index (κ3) is 1.88. The molecule has 1 unspecified atom stereocenters. The second-order valence-electron chi connectivity index (χ2n) is 3.44. The van der Waals surface area contributed by atoms with Crippen LogP contribution in [0.4, 0.5) is 0 Å². The van der Waals surface area contributed by atoms with Gasteiger partial charge in [-0.15, -0.1) is 0 Å². The van der Waals surface area contributed by atoms with E-state index in [1.165, 1.54) is 24.0 Å². The molecule has 0 N–H and O–H groups in total. The summed E-state index contributed by atoms with van der Waals surface area (Å²) < 4.78 is 0. The fourth-order valence-electron chi connectivity index (χ4n) is 1.72. The van der Waals surface area contributed by atoms with Gasteiger partial charge in [-0.3, -0.25) is 0 Å². The van der Waals surface area contributed by atoms with Gasteiger partial charge in [0.05, 0.1) is 0 Å². The molecule has 0 spiro atoms. The Labute approximate surface area is 75.7 Å². The van der Waals surface area contributed by atoms with E-state index in [2.05, 4.69) is 32.6 Å². The van der Waals surface area contributed by atoms with Gasteiger partial charge in [0.1, 0.15) is 0 Å². The Bertz CT molecular complexity index is 218.